The van der Waals surface area contributed by atoms with Gasteiger partial charge in [-0.1, -0.05) is 6.92 Å². The number of aryl methyl sites for hydroxylation is 1. The number of nitrogens with one attached hydrogen (secondary N) is 1. The van der Waals surface area contributed by atoms with Crippen LogP contribution in [-0.2, 0) is 6.42 Å². The zero-order valence-corrected chi connectivity index (χ0v) is 11.9. The molecule has 0 saturated carbocycles. The molecule has 1 aromatic rings. The lowest BCUT2D eigenvalue weighted by molar-refractivity contribution is 0.0696. The number of hydrogen-bond donors (Lipinski definition) is 2. The molecule has 1 atom stereocenters. The average molecular weight is 290 g/mol. The third-order valence-corrected chi connectivity index (χ3v) is 4.03. The van der Waals surface area contributed by atoms with Gasteiger partial charge < -0.3 is 20.2 Å². The summed E-state index contributed by atoms with van der Waals surface area (Å²) >= 11 is 0. The molecular formula is C14H18N4O3. The van der Waals surface area contributed by atoms with E-state index in [1.54, 1.807) is 12.1 Å². The van der Waals surface area contributed by atoms with Gasteiger partial charge in [-0.2, -0.15) is 0 Å². The predicted molar refractivity (Wildman–Crippen MR) is 76.7 cm³/mol. The van der Waals surface area contributed by atoms with Crippen LogP contribution >= 0.6 is 0 Å². The Balaban J connectivity index is 1.85. The van der Waals surface area contributed by atoms with Gasteiger partial charge in [0.25, 0.3) is 0 Å². The van der Waals surface area contributed by atoms with E-state index in [0.717, 1.165) is 5.69 Å². The smallest absolute Gasteiger partial charge is 0.335 e. The van der Waals surface area contributed by atoms with Gasteiger partial charge >= 0.3 is 12.0 Å². The van der Waals surface area contributed by atoms with Crippen molar-refractivity contribution in [2.45, 2.75) is 19.4 Å². The van der Waals surface area contributed by atoms with E-state index in [1.165, 1.54) is 0 Å². The van der Waals surface area contributed by atoms with Crippen LogP contribution in [0, 0.1) is 0 Å². The minimum absolute atomic E-state index is 0.0128. The van der Waals surface area contributed by atoms with Gasteiger partial charge in [0.2, 0.25) is 0 Å². The lowest BCUT2D eigenvalue weighted by atomic mass is 10.1. The molecule has 0 aromatic carbocycles. The molecule has 0 radical (unpaired) electrons. The number of piperazine rings is 1. The highest BCUT2D eigenvalue weighted by Crippen LogP contribution is 2.21. The molecule has 2 amide bonds. The zero-order valence-electron chi connectivity index (χ0n) is 11.9. The Kier molecular flexibility index (Phi) is 3.40. The molecular weight excluding hydrogens is 272 g/mol. The van der Waals surface area contributed by atoms with Crippen LogP contribution in [0.15, 0.2) is 12.1 Å². The summed E-state index contributed by atoms with van der Waals surface area (Å²) in [6.07, 6.45) is 0.692. The number of nitrogens with zero attached hydrogens (tertiary/aromatic N) is 3. The second-order valence-corrected chi connectivity index (χ2v) is 5.34. The lowest BCUT2D eigenvalue weighted by Gasteiger charge is -2.37. The Hall–Kier alpha value is -2.31. The van der Waals surface area contributed by atoms with Crippen molar-refractivity contribution in [2.24, 2.45) is 0 Å². The van der Waals surface area contributed by atoms with Crippen molar-refractivity contribution < 1.29 is 14.7 Å². The van der Waals surface area contributed by atoms with Gasteiger partial charge in [-0.05, 0) is 18.6 Å². The minimum Gasteiger partial charge on any atom is -0.478 e. The van der Waals surface area contributed by atoms with Gasteiger partial charge in [0.05, 0.1) is 11.6 Å². The van der Waals surface area contributed by atoms with Gasteiger partial charge in [0, 0.05) is 31.9 Å². The summed E-state index contributed by atoms with van der Waals surface area (Å²) in [7, 11) is 0. The molecule has 1 unspecified atom stereocenters. The monoisotopic (exact) mass is 290 g/mol. The van der Waals surface area contributed by atoms with Crippen LogP contribution in [0.4, 0.5) is 10.6 Å². The van der Waals surface area contributed by atoms with E-state index in [4.69, 9.17) is 0 Å². The molecule has 21 heavy (non-hydrogen) atoms. The average Bonchev–Trinajstić information content (AvgIpc) is 2.87. The number of hydrogen-bond acceptors (Lipinski definition) is 4. The fourth-order valence-electron chi connectivity index (χ4n) is 2.85. The molecule has 3 heterocycles. The van der Waals surface area contributed by atoms with Crippen LogP contribution in [0.2, 0.25) is 0 Å². The minimum atomic E-state index is -0.940. The first-order valence-electron chi connectivity index (χ1n) is 7.12. The van der Waals surface area contributed by atoms with Crippen molar-refractivity contribution in [1.29, 1.82) is 0 Å². The third-order valence-electron chi connectivity index (χ3n) is 4.03. The van der Waals surface area contributed by atoms with E-state index < -0.39 is 5.97 Å². The van der Waals surface area contributed by atoms with E-state index in [-0.39, 0.29) is 17.6 Å². The van der Waals surface area contributed by atoms with Crippen LogP contribution in [-0.4, -0.2) is 59.2 Å². The molecule has 7 nitrogen and oxygen atoms in total. The maximum absolute atomic E-state index is 11.6. The number of pyridine rings is 1. The summed E-state index contributed by atoms with van der Waals surface area (Å²) in [6.45, 7) is 4.57. The van der Waals surface area contributed by atoms with E-state index in [2.05, 4.69) is 15.2 Å². The molecule has 0 bridgehead atoms. The highest BCUT2D eigenvalue weighted by Gasteiger charge is 2.35. The molecule has 2 saturated heterocycles. The molecule has 2 aliphatic heterocycles. The van der Waals surface area contributed by atoms with E-state index >= 15 is 0 Å². The highest BCUT2D eigenvalue weighted by molar-refractivity contribution is 5.88. The van der Waals surface area contributed by atoms with Crippen molar-refractivity contribution >= 4 is 17.8 Å². The molecule has 3 rings (SSSR count). The second kappa shape index (κ2) is 5.23. The fraction of sp³-hybridized carbons (Fsp3) is 0.500. The summed E-state index contributed by atoms with van der Waals surface area (Å²) < 4.78 is 0. The van der Waals surface area contributed by atoms with Gasteiger partial charge in [-0.25, -0.2) is 14.6 Å². The Bertz CT molecular complexity index is 590. The van der Waals surface area contributed by atoms with Crippen molar-refractivity contribution in [3.05, 3.63) is 23.4 Å². The summed E-state index contributed by atoms with van der Waals surface area (Å²) in [6, 6.07) is 3.34. The van der Waals surface area contributed by atoms with Crippen LogP contribution in [0.5, 0.6) is 0 Å². The summed E-state index contributed by atoms with van der Waals surface area (Å²) in [5.41, 5.74) is 1.04. The van der Waals surface area contributed by atoms with Gasteiger partial charge in [-0.3, -0.25) is 0 Å². The van der Waals surface area contributed by atoms with Crippen molar-refractivity contribution in [3.8, 4) is 0 Å². The quantitative estimate of drug-likeness (QED) is 0.849. The summed E-state index contributed by atoms with van der Waals surface area (Å²) in [5.74, 6) is -0.254. The Morgan fingerprint density at radius 3 is 3.00 bits per heavy atom. The largest absolute Gasteiger partial charge is 0.478 e. The van der Waals surface area contributed by atoms with Crippen LogP contribution in [0.3, 0.4) is 0 Å². The standard InChI is InChI=1S/C14H18N4O3/c1-2-10-5-9(13(19)20)6-12(16-10)17-3-4-18-11(8-17)7-15-14(18)21/h5-6,11H,2-4,7-8H2,1H3,(H,15,21)(H,19,20). The first-order chi connectivity index (χ1) is 10.1. The number of carbonyl (C=O) groups excluding carboxylic acids is 1. The first kappa shape index (κ1) is 13.7. The van der Waals surface area contributed by atoms with E-state index in [9.17, 15) is 14.7 Å². The second-order valence-electron chi connectivity index (χ2n) is 5.34. The maximum atomic E-state index is 11.6. The maximum Gasteiger partial charge on any atom is 0.335 e. The fourth-order valence-corrected chi connectivity index (χ4v) is 2.85. The topological polar surface area (TPSA) is 85.8 Å². The first-order valence-corrected chi connectivity index (χ1v) is 7.12. The molecule has 1 aromatic heterocycles. The SMILES string of the molecule is CCc1cc(C(=O)O)cc(N2CCN3C(=O)NCC3C2)n1. The third kappa shape index (κ3) is 2.51. The van der Waals surface area contributed by atoms with Gasteiger partial charge in [0.15, 0.2) is 0 Å². The molecule has 2 aliphatic rings. The summed E-state index contributed by atoms with van der Waals surface area (Å²) in [4.78, 5) is 31.2. The number of aromatic nitrogens is 1. The van der Waals surface area contributed by atoms with Gasteiger partial charge in [0.1, 0.15) is 5.82 Å². The molecule has 0 aliphatic carbocycles. The van der Waals surface area contributed by atoms with Crippen LogP contribution in [0.25, 0.3) is 0 Å². The van der Waals surface area contributed by atoms with Crippen molar-refractivity contribution in [2.75, 3.05) is 31.1 Å². The molecule has 7 heteroatoms. The number of fused-ring (bicyclic) bond motifs is 1. The molecule has 2 fully saturated rings. The number of amides is 2. The van der Waals surface area contributed by atoms with Crippen molar-refractivity contribution in [3.63, 3.8) is 0 Å². The van der Waals surface area contributed by atoms with Gasteiger partial charge in [-0.15, -0.1) is 0 Å². The normalized spacial score (nSPS) is 21.2. The highest BCUT2D eigenvalue weighted by atomic mass is 16.4. The predicted octanol–water partition coefficient (Wildman–Crippen LogP) is 0.556. The van der Waals surface area contributed by atoms with E-state index in [1.807, 2.05) is 11.8 Å². The number of aromatic carboxylic acids is 1. The Morgan fingerprint density at radius 1 is 1.48 bits per heavy atom. The number of anilines is 1. The number of carbonyl (C=O) groups is 2. The number of rotatable bonds is 3. The Morgan fingerprint density at radius 2 is 2.29 bits per heavy atom. The molecule has 2 N–H and O–H groups in total. The summed E-state index contributed by atoms with van der Waals surface area (Å²) in [5, 5.41) is 12.0. The number of carboxylic acids is 1. The molecule has 0 spiro atoms. The Labute approximate surface area is 122 Å². The number of urea groups is 1. The van der Waals surface area contributed by atoms with Crippen LogP contribution in [0.1, 0.15) is 23.0 Å². The lowest BCUT2D eigenvalue weighted by Crippen LogP contribution is -2.52. The zero-order chi connectivity index (χ0) is 15.0. The van der Waals surface area contributed by atoms with Crippen LogP contribution < -0.4 is 10.2 Å². The van der Waals surface area contributed by atoms with E-state index in [0.29, 0.717) is 38.4 Å². The molecule has 112 valence electrons. The van der Waals surface area contributed by atoms with Crippen molar-refractivity contribution in [1.82, 2.24) is 15.2 Å². The number of carboxylic acid groups (broad SMARTS) is 1.